The van der Waals surface area contributed by atoms with Gasteiger partial charge in [0.1, 0.15) is 0 Å². The third-order valence-electron chi connectivity index (χ3n) is 2.24. The van der Waals surface area contributed by atoms with Gasteiger partial charge in [0.05, 0.1) is 0 Å². The molecule has 0 aliphatic rings. The predicted octanol–water partition coefficient (Wildman–Crippen LogP) is 1.23. The molecule has 1 aromatic carbocycles. The maximum absolute atomic E-state index is 13.6. The minimum Gasteiger partial charge on any atom is -0.481 e. The highest BCUT2D eigenvalue weighted by Crippen LogP contribution is 2.18. The number of ether oxygens (including phenoxy) is 1. The van der Waals surface area contributed by atoms with Crippen molar-refractivity contribution in [1.82, 2.24) is 5.32 Å². The highest BCUT2D eigenvalue weighted by Gasteiger charge is 2.08. The van der Waals surface area contributed by atoms with E-state index in [9.17, 15) is 9.18 Å². The highest BCUT2D eigenvalue weighted by atomic mass is 19.1. The molecule has 0 spiro atoms. The van der Waals surface area contributed by atoms with E-state index >= 15 is 0 Å². The number of carbonyl (C=O) groups excluding carboxylic acids is 1. The van der Waals surface area contributed by atoms with Crippen molar-refractivity contribution in [2.24, 2.45) is 5.73 Å². The van der Waals surface area contributed by atoms with Crippen molar-refractivity contribution in [3.8, 4) is 5.75 Å². The van der Waals surface area contributed by atoms with Crippen LogP contribution >= 0.6 is 0 Å². The lowest BCUT2D eigenvalue weighted by Crippen LogP contribution is -2.34. The van der Waals surface area contributed by atoms with Gasteiger partial charge in [-0.25, -0.2) is 4.39 Å². The number of nitrogens with one attached hydrogen (secondary N) is 1. The molecule has 0 fully saturated rings. The van der Waals surface area contributed by atoms with Crippen LogP contribution in [-0.4, -0.2) is 25.1 Å². The van der Waals surface area contributed by atoms with Gasteiger partial charge in [0.15, 0.2) is 18.2 Å². The summed E-state index contributed by atoms with van der Waals surface area (Å²) in [5.74, 6) is -0.664. The Morgan fingerprint density at radius 2 is 2.22 bits per heavy atom. The minimum absolute atomic E-state index is 0.0397. The quantitative estimate of drug-likeness (QED) is 0.802. The first-order chi connectivity index (χ1) is 8.52. The fourth-order valence-corrected chi connectivity index (χ4v) is 1.49. The molecule has 0 aromatic heterocycles. The van der Waals surface area contributed by atoms with Gasteiger partial charge in [-0.2, -0.15) is 0 Å². The molecule has 18 heavy (non-hydrogen) atoms. The number of rotatable bonds is 6. The van der Waals surface area contributed by atoms with Gasteiger partial charge in [0.2, 0.25) is 0 Å². The van der Waals surface area contributed by atoms with E-state index in [0.717, 1.165) is 5.56 Å². The summed E-state index contributed by atoms with van der Waals surface area (Å²) < 4.78 is 18.7. The molecule has 1 rings (SSSR count). The van der Waals surface area contributed by atoms with Crippen molar-refractivity contribution >= 4 is 5.91 Å². The monoisotopic (exact) mass is 254 g/mol. The average Bonchev–Trinajstić information content (AvgIpc) is 2.27. The summed E-state index contributed by atoms with van der Waals surface area (Å²) in [5.41, 5.74) is 6.20. The van der Waals surface area contributed by atoms with Gasteiger partial charge in [-0.15, -0.1) is 0 Å². The molecular formula is C13H19FN2O2. The second-order valence-corrected chi connectivity index (χ2v) is 4.31. The number of amides is 1. The van der Waals surface area contributed by atoms with Crippen LogP contribution < -0.4 is 15.8 Å². The second kappa shape index (κ2) is 6.96. The molecule has 0 saturated carbocycles. The number of halogens is 1. The van der Waals surface area contributed by atoms with Crippen LogP contribution in [0.15, 0.2) is 18.2 Å². The van der Waals surface area contributed by atoms with E-state index in [1.807, 2.05) is 13.8 Å². The summed E-state index contributed by atoms with van der Waals surface area (Å²) >= 11 is 0. The summed E-state index contributed by atoms with van der Waals surface area (Å²) in [5, 5.41) is 2.66. The van der Waals surface area contributed by atoms with Crippen LogP contribution in [0, 0.1) is 5.82 Å². The number of hydrogen-bond acceptors (Lipinski definition) is 3. The van der Waals surface area contributed by atoms with Crippen molar-refractivity contribution in [3.63, 3.8) is 0 Å². The molecule has 0 unspecified atom stereocenters. The molecule has 0 bridgehead atoms. The fraction of sp³-hybridized carbons (Fsp3) is 0.462. The number of carbonyl (C=O) groups is 1. The zero-order valence-corrected chi connectivity index (χ0v) is 10.7. The minimum atomic E-state index is -0.474. The Labute approximate surface area is 106 Å². The Morgan fingerprint density at radius 1 is 1.50 bits per heavy atom. The van der Waals surface area contributed by atoms with E-state index in [0.29, 0.717) is 13.0 Å². The molecular weight excluding hydrogens is 235 g/mol. The zero-order valence-electron chi connectivity index (χ0n) is 10.7. The van der Waals surface area contributed by atoms with Crippen molar-refractivity contribution in [3.05, 3.63) is 29.6 Å². The first-order valence-corrected chi connectivity index (χ1v) is 5.93. The molecule has 0 aliphatic heterocycles. The van der Waals surface area contributed by atoms with Gasteiger partial charge in [0, 0.05) is 6.04 Å². The SMILES string of the molecule is CC(C)NC(=O)COc1ccc(CCN)cc1F. The maximum Gasteiger partial charge on any atom is 0.258 e. The van der Waals surface area contributed by atoms with Crippen molar-refractivity contribution in [2.45, 2.75) is 26.3 Å². The second-order valence-electron chi connectivity index (χ2n) is 4.31. The van der Waals surface area contributed by atoms with Gasteiger partial charge in [-0.1, -0.05) is 6.07 Å². The lowest BCUT2D eigenvalue weighted by Gasteiger charge is -2.10. The Kier molecular flexibility index (Phi) is 5.58. The molecule has 0 radical (unpaired) electrons. The first-order valence-electron chi connectivity index (χ1n) is 5.93. The zero-order chi connectivity index (χ0) is 13.5. The topological polar surface area (TPSA) is 64.3 Å². The molecule has 0 aliphatic carbocycles. The predicted molar refractivity (Wildman–Crippen MR) is 67.9 cm³/mol. The largest absolute Gasteiger partial charge is 0.481 e. The fourth-order valence-electron chi connectivity index (χ4n) is 1.49. The van der Waals surface area contributed by atoms with Crippen LogP contribution in [0.2, 0.25) is 0 Å². The standard InChI is InChI=1S/C13H19FN2O2/c1-9(2)16-13(17)8-18-12-4-3-10(5-6-15)7-11(12)14/h3-4,7,9H,5-6,8,15H2,1-2H3,(H,16,17). The van der Waals surface area contributed by atoms with Crippen molar-refractivity contribution in [2.75, 3.05) is 13.2 Å². The third-order valence-corrected chi connectivity index (χ3v) is 2.24. The van der Waals surface area contributed by atoms with E-state index in [1.54, 1.807) is 6.07 Å². The Hall–Kier alpha value is -1.62. The summed E-state index contributed by atoms with van der Waals surface area (Å²) in [6.07, 6.45) is 0.616. The third kappa shape index (κ3) is 4.71. The molecule has 5 heteroatoms. The average molecular weight is 254 g/mol. The maximum atomic E-state index is 13.6. The molecule has 100 valence electrons. The van der Waals surface area contributed by atoms with Crippen LogP contribution in [-0.2, 0) is 11.2 Å². The molecule has 1 aromatic rings. The first kappa shape index (κ1) is 14.4. The van der Waals surface area contributed by atoms with Crippen LogP contribution in [0.3, 0.4) is 0 Å². The number of hydrogen-bond donors (Lipinski definition) is 2. The molecule has 4 nitrogen and oxygen atoms in total. The van der Waals surface area contributed by atoms with Gasteiger partial charge in [-0.05, 0) is 44.5 Å². The summed E-state index contributed by atoms with van der Waals surface area (Å²) in [6.45, 7) is 3.97. The summed E-state index contributed by atoms with van der Waals surface area (Å²) in [4.78, 5) is 11.3. The lowest BCUT2D eigenvalue weighted by molar-refractivity contribution is -0.123. The molecule has 3 N–H and O–H groups in total. The van der Waals surface area contributed by atoms with Crippen molar-refractivity contribution < 1.29 is 13.9 Å². The van der Waals surface area contributed by atoms with Crippen LogP contribution in [0.25, 0.3) is 0 Å². The molecule has 0 heterocycles. The molecule has 1 amide bonds. The highest BCUT2D eigenvalue weighted by molar-refractivity contribution is 5.77. The Balaban J connectivity index is 2.55. The van der Waals surface area contributed by atoms with E-state index in [2.05, 4.69) is 5.32 Å². The van der Waals surface area contributed by atoms with E-state index in [4.69, 9.17) is 10.5 Å². The normalized spacial score (nSPS) is 10.5. The van der Waals surface area contributed by atoms with Gasteiger partial charge in [-0.3, -0.25) is 4.79 Å². The van der Waals surface area contributed by atoms with E-state index in [1.165, 1.54) is 12.1 Å². The Morgan fingerprint density at radius 3 is 2.78 bits per heavy atom. The van der Waals surface area contributed by atoms with Gasteiger partial charge < -0.3 is 15.8 Å². The summed E-state index contributed by atoms with van der Waals surface area (Å²) in [6, 6.07) is 4.68. The van der Waals surface area contributed by atoms with Crippen LogP contribution in [0.5, 0.6) is 5.75 Å². The van der Waals surface area contributed by atoms with Crippen molar-refractivity contribution in [1.29, 1.82) is 0 Å². The number of nitrogens with two attached hydrogens (primary N) is 1. The lowest BCUT2D eigenvalue weighted by atomic mass is 10.1. The van der Waals surface area contributed by atoms with Gasteiger partial charge >= 0.3 is 0 Å². The smallest absolute Gasteiger partial charge is 0.258 e. The van der Waals surface area contributed by atoms with E-state index in [-0.39, 0.29) is 24.3 Å². The summed E-state index contributed by atoms with van der Waals surface area (Å²) in [7, 11) is 0. The van der Waals surface area contributed by atoms with E-state index < -0.39 is 5.82 Å². The number of benzene rings is 1. The van der Waals surface area contributed by atoms with Crippen LogP contribution in [0.4, 0.5) is 4.39 Å². The molecule has 0 atom stereocenters. The molecule has 0 saturated heterocycles. The van der Waals surface area contributed by atoms with Crippen LogP contribution in [0.1, 0.15) is 19.4 Å². The Bertz CT molecular complexity index is 408. The van der Waals surface area contributed by atoms with Gasteiger partial charge in [0.25, 0.3) is 5.91 Å².